The Morgan fingerprint density at radius 1 is 1.05 bits per heavy atom. The summed E-state index contributed by atoms with van der Waals surface area (Å²) in [5.41, 5.74) is 2.39. The van der Waals surface area contributed by atoms with E-state index in [0.29, 0.717) is 0 Å². The second kappa shape index (κ2) is 7.29. The van der Waals surface area contributed by atoms with Gasteiger partial charge in [0.2, 0.25) is 0 Å². The fourth-order valence-corrected chi connectivity index (χ4v) is 3.75. The summed E-state index contributed by atoms with van der Waals surface area (Å²) in [4.78, 5) is 2.56. The van der Waals surface area contributed by atoms with Gasteiger partial charge in [-0.25, -0.2) is 0 Å². The van der Waals surface area contributed by atoms with Gasteiger partial charge in [-0.1, -0.05) is 48.0 Å². The Balaban J connectivity index is 1.59. The normalized spacial score (nSPS) is 16.1. The first-order valence-electron chi connectivity index (χ1n) is 8.05. The van der Waals surface area contributed by atoms with Crippen molar-refractivity contribution >= 4 is 11.8 Å². The van der Waals surface area contributed by atoms with Crippen LogP contribution in [0.15, 0.2) is 29.4 Å². The zero-order chi connectivity index (χ0) is 15.4. The Kier molecular flexibility index (Phi) is 5.16. The highest BCUT2D eigenvalue weighted by Crippen LogP contribution is 2.23. The van der Waals surface area contributed by atoms with E-state index in [4.69, 9.17) is 0 Å². The molecular formula is C17H24N4S. The molecule has 118 valence electrons. The van der Waals surface area contributed by atoms with Crippen LogP contribution >= 0.6 is 11.8 Å². The van der Waals surface area contributed by atoms with Gasteiger partial charge >= 0.3 is 0 Å². The molecule has 2 heterocycles. The Morgan fingerprint density at radius 3 is 2.50 bits per heavy atom. The molecule has 0 spiro atoms. The molecule has 0 N–H and O–H groups in total. The minimum atomic E-state index is 0.945. The fourth-order valence-electron chi connectivity index (χ4n) is 2.84. The minimum Gasteiger partial charge on any atom is -0.305 e. The predicted octanol–water partition coefficient (Wildman–Crippen LogP) is 3.37. The lowest BCUT2D eigenvalue weighted by molar-refractivity contribution is 0.242. The number of likely N-dealkylation sites (tertiary alicyclic amines) is 1. The average molecular weight is 316 g/mol. The zero-order valence-corrected chi connectivity index (χ0v) is 14.3. The SMILES string of the molecule is Cc1ccc(-c2nnc(SCCN3CCCCC3)n2C)cc1. The monoisotopic (exact) mass is 316 g/mol. The van der Waals surface area contributed by atoms with E-state index in [0.717, 1.165) is 28.8 Å². The first-order chi connectivity index (χ1) is 10.7. The van der Waals surface area contributed by atoms with Gasteiger partial charge in [-0.2, -0.15) is 0 Å². The number of benzene rings is 1. The van der Waals surface area contributed by atoms with E-state index >= 15 is 0 Å². The van der Waals surface area contributed by atoms with Gasteiger partial charge in [0.25, 0.3) is 0 Å². The number of hydrogen-bond acceptors (Lipinski definition) is 4. The van der Waals surface area contributed by atoms with Gasteiger partial charge in [0, 0.05) is 24.9 Å². The minimum absolute atomic E-state index is 0.945. The van der Waals surface area contributed by atoms with E-state index in [1.54, 1.807) is 0 Å². The molecule has 0 aliphatic carbocycles. The van der Waals surface area contributed by atoms with Crippen molar-refractivity contribution in [1.29, 1.82) is 0 Å². The van der Waals surface area contributed by atoms with E-state index in [9.17, 15) is 0 Å². The van der Waals surface area contributed by atoms with Crippen molar-refractivity contribution in [2.45, 2.75) is 31.3 Å². The molecule has 0 amide bonds. The largest absolute Gasteiger partial charge is 0.305 e. The second-order valence-corrected chi connectivity index (χ2v) is 7.04. The van der Waals surface area contributed by atoms with Crippen molar-refractivity contribution in [2.24, 2.45) is 7.05 Å². The third-order valence-electron chi connectivity index (χ3n) is 4.23. The van der Waals surface area contributed by atoms with Gasteiger partial charge in [0.1, 0.15) is 0 Å². The maximum absolute atomic E-state index is 4.36. The highest BCUT2D eigenvalue weighted by atomic mass is 32.2. The van der Waals surface area contributed by atoms with Crippen molar-refractivity contribution in [3.05, 3.63) is 29.8 Å². The van der Waals surface area contributed by atoms with Crippen LogP contribution in [0.4, 0.5) is 0 Å². The predicted molar refractivity (Wildman–Crippen MR) is 92.2 cm³/mol. The van der Waals surface area contributed by atoms with Crippen LogP contribution in [0.1, 0.15) is 24.8 Å². The van der Waals surface area contributed by atoms with Crippen molar-refractivity contribution in [3.63, 3.8) is 0 Å². The summed E-state index contributed by atoms with van der Waals surface area (Å²) >= 11 is 1.81. The molecule has 0 unspecified atom stereocenters. The molecule has 1 saturated heterocycles. The van der Waals surface area contributed by atoms with Crippen LogP contribution in [0.3, 0.4) is 0 Å². The maximum Gasteiger partial charge on any atom is 0.191 e. The molecule has 5 heteroatoms. The van der Waals surface area contributed by atoms with E-state index in [-0.39, 0.29) is 0 Å². The molecule has 1 aliphatic heterocycles. The second-order valence-electron chi connectivity index (χ2n) is 5.98. The van der Waals surface area contributed by atoms with E-state index in [1.165, 1.54) is 37.9 Å². The number of nitrogens with zero attached hydrogens (tertiary/aromatic N) is 4. The lowest BCUT2D eigenvalue weighted by Gasteiger charge is -2.25. The quantitative estimate of drug-likeness (QED) is 0.792. The van der Waals surface area contributed by atoms with Crippen LogP contribution in [0.5, 0.6) is 0 Å². The Hall–Kier alpha value is -1.33. The van der Waals surface area contributed by atoms with Crippen LogP contribution in [0.2, 0.25) is 0 Å². The Morgan fingerprint density at radius 2 is 1.77 bits per heavy atom. The van der Waals surface area contributed by atoms with Crippen molar-refractivity contribution in [1.82, 2.24) is 19.7 Å². The summed E-state index contributed by atoms with van der Waals surface area (Å²) in [5.74, 6) is 2.03. The lowest BCUT2D eigenvalue weighted by Crippen LogP contribution is -2.31. The van der Waals surface area contributed by atoms with Crippen LogP contribution in [0, 0.1) is 6.92 Å². The van der Waals surface area contributed by atoms with Gasteiger partial charge in [0.15, 0.2) is 11.0 Å². The van der Waals surface area contributed by atoms with Gasteiger partial charge in [-0.05, 0) is 32.9 Å². The number of thioether (sulfide) groups is 1. The molecule has 2 aromatic rings. The van der Waals surface area contributed by atoms with Crippen molar-refractivity contribution in [2.75, 3.05) is 25.4 Å². The summed E-state index contributed by atoms with van der Waals surface area (Å²) in [6, 6.07) is 8.46. The van der Waals surface area contributed by atoms with E-state index < -0.39 is 0 Å². The zero-order valence-electron chi connectivity index (χ0n) is 13.5. The average Bonchev–Trinajstić information content (AvgIpc) is 2.90. The molecule has 0 saturated carbocycles. The molecule has 22 heavy (non-hydrogen) atoms. The lowest BCUT2D eigenvalue weighted by atomic mass is 10.1. The molecular weight excluding hydrogens is 292 g/mol. The topological polar surface area (TPSA) is 34.0 Å². The van der Waals surface area contributed by atoms with Crippen LogP contribution in [-0.4, -0.2) is 45.1 Å². The fraction of sp³-hybridized carbons (Fsp3) is 0.529. The molecule has 0 atom stereocenters. The van der Waals surface area contributed by atoms with Gasteiger partial charge in [0.05, 0.1) is 0 Å². The van der Waals surface area contributed by atoms with Crippen LogP contribution < -0.4 is 0 Å². The molecule has 0 bridgehead atoms. The summed E-state index contributed by atoms with van der Waals surface area (Å²) in [6.45, 7) is 5.77. The summed E-state index contributed by atoms with van der Waals surface area (Å²) in [7, 11) is 2.05. The molecule has 1 fully saturated rings. The first kappa shape index (κ1) is 15.6. The highest BCUT2D eigenvalue weighted by molar-refractivity contribution is 7.99. The maximum atomic E-state index is 4.36. The van der Waals surface area contributed by atoms with Gasteiger partial charge < -0.3 is 9.47 Å². The summed E-state index contributed by atoms with van der Waals surface area (Å²) < 4.78 is 2.10. The molecule has 1 aromatic carbocycles. The molecule has 4 nitrogen and oxygen atoms in total. The van der Waals surface area contributed by atoms with Crippen LogP contribution in [-0.2, 0) is 7.05 Å². The molecule has 0 radical (unpaired) electrons. The van der Waals surface area contributed by atoms with Crippen LogP contribution in [0.25, 0.3) is 11.4 Å². The molecule has 3 rings (SSSR count). The Bertz CT molecular complexity index is 600. The smallest absolute Gasteiger partial charge is 0.191 e. The third-order valence-corrected chi connectivity index (χ3v) is 5.23. The summed E-state index contributed by atoms with van der Waals surface area (Å²) in [6.07, 6.45) is 4.10. The number of hydrogen-bond donors (Lipinski definition) is 0. The third kappa shape index (κ3) is 3.70. The molecule has 1 aromatic heterocycles. The number of aromatic nitrogens is 3. The van der Waals surface area contributed by atoms with Gasteiger partial charge in [-0.3, -0.25) is 0 Å². The number of aryl methyl sites for hydroxylation is 1. The first-order valence-corrected chi connectivity index (χ1v) is 9.04. The van der Waals surface area contributed by atoms with E-state index in [1.807, 2.05) is 11.8 Å². The van der Waals surface area contributed by atoms with Crippen molar-refractivity contribution < 1.29 is 0 Å². The van der Waals surface area contributed by atoms with E-state index in [2.05, 4.69) is 57.9 Å². The summed E-state index contributed by atoms with van der Waals surface area (Å²) in [5, 5.41) is 9.72. The van der Waals surface area contributed by atoms with Gasteiger partial charge in [-0.15, -0.1) is 10.2 Å². The van der Waals surface area contributed by atoms with Crippen molar-refractivity contribution in [3.8, 4) is 11.4 Å². The molecule has 1 aliphatic rings. The highest BCUT2D eigenvalue weighted by Gasteiger charge is 2.13. The number of rotatable bonds is 5. The standard InChI is InChI=1S/C17H24N4S/c1-14-6-8-15(9-7-14)16-18-19-17(20(16)2)22-13-12-21-10-4-3-5-11-21/h6-9H,3-5,10-13H2,1-2H3. The Labute approximate surface area is 136 Å². The number of piperidine rings is 1.